The molecule has 1 aliphatic carbocycles. The van der Waals surface area contributed by atoms with Crippen molar-refractivity contribution >= 4 is 29.9 Å². The highest BCUT2D eigenvalue weighted by Crippen LogP contribution is 2.29. The third-order valence-corrected chi connectivity index (χ3v) is 4.52. The standard InChI is InChI=1S/C16H19ClN4O.ClH/c17-13-3-5-14(6-4-13)21-10-12(9-19-21)15(22)20-16(11-18)7-1-2-8-16;/h3-6,9-10H,1-2,7-8,11,18H2,(H,20,22);1H. The third-order valence-electron chi connectivity index (χ3n) is 4.27. The molecule has 7 heteroatoms. The lowest BCUT2D eigenvalue weighted by Gasteiger charge is -2.28. The summed E-state index contributed by atoms with van der Waals surface area (Å²) in [6.45, 7) is 0.476. The van der Waals surface area contributed by atoms with E-state index >= 15 is 0 Å². The minimum atomic E-state index is -0.251. The average molecular weight is 355 g/mol. The maximum Gasteiger partial charge on any atom is 0.254 e. The zero-order chi connectivity index (χ0) is 15.6. The monoisotopic (exact) mass is 354 g/mol. The van der Waals surface area contributed by atoms with E-state index in [2.05, 4.69) is 10.4 Å². The summed E-state index contributed by atoms with van der Waals surface area (Å²) < 4.78 is 1.66. The van der Waals surface area contributed by atoms with Crippen LogP contribution in [0.5, 0.6) is 0 Å². The van der Waals surface area contributed by atoms with Gasteiger partial charge in [0.15, 0.2) is 0 Å². The molecule has 124 valence electrons. The molecule has 2 aromatic rings. The molecule has 1 aliphatic rings. The smallest absolute Gasteiger partial charge is 0.254 e. The molecule has 1 fully saturated rings. The largest absolute Gasteiger partial charge is 0.345 e. The van der Waals surface area contributed by atoms with Crippen LogP contribution in [0.1, 0.15) is 36.0 Å². The maximum atomic E-state index is 12.4. The number of carbonyl (C=O) groups excluding carboxylic acids is 1. The number of nitrogens with zero attached hydrogens (tertiary/aromatic N) is 2. The van der Waals surface area contributed by atoms with Crippen LogP contribution in [0, 0.1) is 0 Å². The minimum absolute atomic E-state index is 0. The van der Waals surface area contributed by atoms with Gasteiger partial charge in [-0.1, -0.05) is 24.4 Å². The van der Waals surface area contributed by atoms with Crippen molar-refractivity contribution < 1.29 is 4.79 Å². The highest BCUT2D eigenvalue weighted by atomic mass is 35.5. The summed E-state index contributed by atoms with van der Waals surface area (Å²) in [6.07, 6.45) is 7.41. The summed E-state index contributed by atoms with van der Waals surface area (Å²) in [6, 6.07) is 7.30. The first-order valence-electron chi connectivity index (χ1n) is 7.45. The van der Waals surface area contributed by atoms with Crippen molar-refractivity contribution in [1.82, 2.24) is 15.1 Å². The summed E-state index contributed by atoms with van der Waals surface area (Å²) in [5, 5.41) is 8.00. The van der Waals surface area contributed by atoms with Crippen molar-refractivity contribution in [2.24, 2.45) is 5.73 Å². The van der Waals surface area contributed by atoms with Gasteiger partial charge in [0, 0.05) is 17.8 Å². The van der Waals surface area contributed by atoms with E-state index in [4.69, 9.17) is 17.3 Å². The number of benzene rings is 1. The predicted octanol–water partition coefficient (Wildman–Crippen LogP) is 2.95. The fourth-order valence-electron chi connectivity index (χ4n) is 2.92. The van der Waals surface area contributed by atoms with Gasteiger partial charge in [-0.05, 0) is 37.1 Å². The molecule has 1 amide bonds. The number of halogens is 2. The van der Waals surface area contributed by atoms with Gasteiger partial charge in [0.25, 0.3) is 5.91 Å². The molecule has 23 heavy (non-hydrogen) atoms. The van der Waals surface area contributed by atoms with Gasteiger partial charge in [0.2, 0.25) is 0 Å². The van der Waals surface area contributed by atoms with Crippen molar-refractivity contribution in [3.8, 4) is 5.69 Å². The molecule has 1 aromatic carbocycles. The van der Waals surface area contributed by atoms with E-state index in [0.717, 1.165) is 31.4 Å². The number of carbonyl (C=O) groups is 1. The average Bonchev–Trinajstić information content (AvgIpc) is 3.18. The second-order valence-corrected chi connectivity index (χ2v) is 6.23. The van der Waals surface area contributed by atoms with Crippen LogP contribution in [0.3, 0.4) is 0 Å². The molecule has 0 aliphatic heterocycles. The van der Waals surface area contributed by atoms with E-state index in [9.17, 15) is 4.79 Å². The van der Waals surface area contributed by atoms with E-state index in [1.54, 1.807) is 29.2 Å². The lowest BCUT2D eigenvalue weighted by molar-refractivity contribution is 0.0903. The number of amides is 1. The lowest BCUT2D eigenvalue weighted by Crippen LogP contribution is -2.51. The Kier molecular flexibility index (Phi) is 5.68. The fourth-order valence-corrected chi connectivity index (χ4v) is 3.05. The van der Waals surface area contributed by atoms with Gasteiger partial charge in [-0.25, -0.2) is 4.68 Å². The number of rotatable bonds is 4. The van der Waals surface area contributed by atoms with E-state index < -0.39 is 0 Å². The lowest BCUT2D eigenvalue weighted by atomic mass is 9.97. The molecular formula is C16H20Cl2N4O. The molecular weight excluding hydrogens is 335 g/mol. The Balaban J connectivity index is 0.00000192. The van der Waals surface area contributed by atoms with Crippen LogP contribution in [0.2, 0.25) is 5.02 Å². The van der Waals surface area contributed by atoms with Crippen LogP contribution < -0.4 is 11.1 Å². The Morgan fingerprint density at radius 3 is 2.57 bits per heavy atom. The number of hydrogen-bond donors (Lipinski definition) is 2. The van der Waals surface area contributed by atoms with Crippen LogP contribution >= 0.6 is 24.0 Å². The minimum Gasteiger partial charge on any atom is -0.345 e. The van der Waals surface area contributed by atoms with Gasteiger partial charge in [-0.3, -0.25) is 4.79 Å². The van der Waals surface area contributed by atoms with Gasteiger partial charge < -0.3 is 11.1 Å². The summed E-state index contributed by atoms with van der Waals surface area (Å²) in [7, 11) is 0. The molecule has 3 rings (SSSR count). The van der Waals surface area contributed by atoms with Crippen molar-refractivity contribution in [3.05, 3.63) is 47.2 Å². The van der Waals surface area contributed by atoms with E-state index in [0.29, 0.717) is 17.1 Å². The molecule has 1 aromatic heterocycles. The van der Waals surface area contributed by atoms with Crippen molar-refractivity contribution in [1.29, 1.82) is 0 Å². The molecule has 1 heterocycles. The van der Waals surface area contributed by atoms with Crippen LogP contribution in [0.25, 0.3) is 5.69 Å². The molecule has 0 saturated heterocycles. The molecule has 0 radical (unpaired) electrons. The summed E-state index contributed by atoms with van der Waals surface area (Å²) in [5.41, 5.74) is 7.00. The van der Waals surface area contributed by atoms with Crippen molar-refractivity contribution in [2.45, 2.75) is 31.2 Å². The fraction of sp³-hybridized carbons (Fsp3) is 0.375. The van der Waals surface area contributed by atoms with Gasteiger partial charge in [-0.2, -0.15) is 5.10 Å². The second-order valence-electron chi connectivity index (χ2n) is 5.80. The second kappa shape index (κ2) is 7.34. The Morgan fingerprint density at radius 1 is 1.30 bits per heavy atom. The first-order chi connectivity index (χ1) is 10.6. The quantitative estimate of drug-likeness (QED) is 0.886. The number of aromatic nitrogens is 2. The van der Waals surface area contributed by atoms with Gasteiger partial charge in [0.1, 0.15) is 0 Å². The Morgan fingerprint density at radius 2 is 1.96 bits per heavy atom. The normalized spacial score (nSPS) is 15.9. The van der Waals surface area contributed by atoms with E-state index in [1.165, 1.54) is 0 Å². The summed E-state index contributed by atoms with van der Waals surface area (Å²) in [5.74, 6) is -0.118. The Hall–Kier alpha value is -1.56. The maximum absolute atomic E-state index is 12.4. The van der Waals surface area contributed by atoms with Gasteiger partial charge in [-0.15, -0.1) is 12.4 Å². The molecule has 0 bridgehead atoms. The van der Waals surface area contributed by atoms with Gasteiger partial charge >= 0.3 is 0 Å². The Labute approximate surface area is 146 Å². The van der Waals surface area contributed by atoms with Crippen molar-refractivity contribution in [2.75, 3.05) is 6.54 Å². The Bertz CT molecular complexity index is 663. The molecule has 0 unspecified atom stereocenters. The van der Waals surface area contributed by atoms with E-state index in [-0.39, 0.29) is 23.9 Å². The van der Waals surface area contributed by atoms with E-state index in [1.807, 2.05) is 12.1 Å². The predicted molar refractivity (Wildman–Crippen MR) is 93.5 cm³/mol. The van der Waals surface area contributed by atoms with Crippen LogP contribution in [-0.4, -0.2) is 27.8 Å². The van der Waals surface area contributed by atoms with Gasteiger partial charge in [0.05, 0.1) is 23.0 Å². The number of nitrogens with two attached hydrogens (primary N) is 1. The molecule has 5 nitrogen and oxygen atoms in total. The molecule has 1 saturated carbocycles. The SMILES string of the molecule is Cl.NCC1(NC(=O)c2cnn(-c3ccc(Cl)cc3)c2)CCCC1. The number of hydrogen-bond acceptors (Lipinski definition) is 3. The summed E-state index contributed by atoms with van der Waals surface area (Å²) >= 11 is 5.88. The molecule has 0 spiro atoms. The molecule has 0 atom stereocenters. The topological polar surface area (TPSA) is 72.9 Å². The molecule has 3 N–H and O–H groups in total. The first-order valence-corrected chi connectivity index (χ1v) is 7.83. The highest BCUT2D eigenvalue weighted by Gasteiger charge is 2.34. The summed E-state index contributed by atoms with van der Waals surface area (Å²) in [4.78, 5) is 12.4. The zero-order valence-electron chi connectivity index (χ0n) is 12.7. The van der Waals surface area contributed by atoms with Crippen LogP contribution in [-0.2, 0) is 0 Å². The van der Waals surface area contributed by atoms with Crippen molar-refractivity contribution in [3.63, 3.8) is 0 Å². The third kappa shape index (κ3) is 3.86. The number of nitrogens with one attached hydrogen (secondary N) is 1. The highest BCUT2D eigenvalue weighted by molar-refractivity contribution is 6.30. The van der Waals surface area contributed by atoms with Crippen LogP contribution in [0.15, 0.2) is 36.7 Å². The first kappa shape index (κ1) is 17.8. The van der Waals surface area contributed by atoms with Crippen LogP contribution in [0.4, 0.5) is 0 Å². The zero-order valence-corrected chi connectivity index (χ0v) is 14.2.